The molecular formula is C16H26O6. The molecule has 0 aliphatic carbocycles. The van der Waals surface area contributed by atoms with Crippen LogP contribution in [0.15, 0.2) is 0 Å². The summed E-state index contributed by atoms with van der Waals surface area (Å²) in [6, 6.07) is 0. The molecule has 0 spiro atoms. The van der Waals surface area contributed by atoms with Crippen LogP contribution in [0, 0.1) is 11.8 Å². The molecular weight excluding hydrogens is 288 g/mol. The standard InChI is InChI=1S/C16H26O6/c1-9(2)5-13(17)21-11-7-19-16-12(8-20-15(11)16)22-14(18)6-10(3)4/h9-12,15-16H,5-8H2,1-4H3/t11-,12+,15-,16-/m1/s1. The van der Waals surface area contributed by atoms with Crippen LogP contribution in [0.4, 0.5) is 0 Å². The summed E-state index contributed by atoms with van der Waals surface area (Å²) < 4.78 is 22.1. The Morgan fingerprint density at radius 3 is 1.55 bits per heavy atom. The highest BCUT2D eigenvalue weighted by Crippen LogP contribution is 2.31. The molecule has 0 bridgehead atoms. The van der Waals surface area contributed by atoms with Crippen molar-refractivity contribution >= 4 is 11.9 Å². The van der Waals surface area contributed by atoms with Gasteiger partial charge in [0.25, 0.3) is 0 Å². The second kappa shape index (κ2) is 7.42. The molecule has 2 aliphatic heterocycles. The van der Waals surface area contributed by atoms with Gasteiger partial charge in [-0.3, -0.25) is 9.59 Å². The SMILES string of the molecule is CC(C)CC(=O)O[C@H]1CO[C@H]2[C@@H]1OC[C@H]2OC(=O)CC(C)C. The first kappa shape index (κ1) is 17.2. The maximum Gasteiger partial charge on any atom is 0.306 e. The van der Waals surface area contributed by atoms with Crippen LogP contribution in [0.3, 0.4) is 0 Å². The Hall–Kier alpha value is -1.14. The number of carbonyl (C=O) groups is 2. The van der Waals surface area contributed by atoms with Gasteiger partial charge >= 0.3 is 11.9 Å². The van der Waals surface area contributed by atoms with Gasteiger partial charge < -0.3 is 18.9 Å². The van der Waals surface area contributed by atoms with Crippen LogP contribution < -0.4 is 0 Å². The Bertz CT molecular complexity index is 367. The van der Waals surface area contributed by atoms with E-state index in [2.05, 4.69) is 0 Å². The zero-order valence-electron chi connectivity index (χ0n) is 13.7. The van der Waals surface area contributed by atoms with Crippen LogP contribution >= 0.6 is 0 Å². The number of rotatable bonds is 6. The van der Waals surface area contributed by atoms with Crippen LogP contribution in [0.1, 0.15) is 40.5 Å². The monoisotopic (exact) mass is 314 g/mol. The van der Waals surface area contributed by atoms with E-state index in [1.54, 1.807) is 0 Å². The molecule has 2 rings (SSSR count). The Morgan fingerprint density at radius 2 is 1.23 bits per heavy atom. The molecule has 0 aromatic rings. The fourth-order valence-corrected chi connectivity index (χ4v) is 2.73. The molecule has 0 amide bonds. The predicted octanol–water partition coefficient (Wildman–Crippen LogP) is 1.70. The molecule has 0 N–H and O–H groups in total. The molecule has 6 nitrogen and oxygen atoms in total. The Kier molecular flexibility index (Phi) is 5.81. The van der Waals surface area contributed by atoms with E-state index in [-0.39, 0.29) is 49.2 Å². The summed E-state index contributed by atoms with van der Waals surface area (Å²) in [4.78, 5) is 23.5. The molecule has 126 valence electrons. The number of esters is 2. The maximum atomic E-state index is 11.8. The van der Waals surface area contributed by atoms with Crippen molar-refractivity contribution in [3.05, 3.63) is 0 Å². The molecule has 2 heterocycles. The third-order valence-corrected chi connectivity index (χ3v) is 3.68. The van der Waals surface area contributed by atoms with Gasteiger partial charge in [0.15, 0.2) is 12.2 Å². The molecule has 6 heteroatoms. The van der Waals surface area contributed by atoms with Gasteiger partial charge in [-0.25, -0.2) is 0 Å². The summed E-state index contributed by atoms with van der Waals surface area (Å²) in [6.45, 7) is 8.43. The summed E-state index contributed by atoms with van der Waals surface area (Å²) in [5.41, 5.74) is 0. The number of hydrogen-bond donors (Lipinski definition) is 0. The molecule has 4 atom stereocenters. The predicted molar refractivity (Wildman–Crippen MR) is 78.2 cm³/mol. The Morgan fingerprint density at radius 1 is 0.864 bits per heavy atom. The third-order valence-electron chi connectivity index (χ3n) is 3.68. The smallest absolute Gasteiger partial charge is 0.306 e. The van der Waals surface area contributed by atoms with Crippen molar-refractivity contribution in [2.75, 3.05) is 13.2 Å². The zero-order valence-corrected chi connectivity index (χ0v) is 13.7. The Labute approximate surface area is 131 Å². The molecule has 2 saturated heterocycles. The first-order valence-electron chi connectivity index (χ1n) is 7.99. The van der Waals surface area contributed by atoms with Gasteiger partial charge in [0.05, 0.1) is 13.2 Å². The first-order chi connectivity index (χ1) is 10.4. The highest BCUT2D eigenvalue weighted by Gasteiger charge is 2.51. The molecule has 0 aromatic heterocycles. The van der Waals surface area contributed by atoms with Crippen molar-refractivity contribution < 1.29 is 28.5 Å². The van der Waals surface area contributed by atoms with Crippen molar-refractivity contribution in [2.45, 2.75) is 65.0 Å². The summed E-state index contributed by atoms with van der Waals surface area (Å²) in [7, 11) is 0. The van der Waals surface area contributed by atoms with Crippen LogP contribution in [0.25, 0.3) is 0 Å². The summed E-state index contributed by atoms with van der Waals surface area (Å²) in [6.07, 6.45) is -0.752. The maximum absolute atomic E-state index is 11.8. The van der Waals surface area contributed by atoms with Crippen molar-refractivity contribution in [2.24, 2.45) is 11.8 Å². The molecule has 0 unspecified atom stereocenters. The first-order valence-corrected chi connectivity index (χ1v) is 7.99. The van der Waals surface area contributed by atoms with Crippen molar-refractivity contribution in [1.29, 1.82) is 0 Å². The van der Waals surface area contributed by atoms with E-state index < -0.39 is 12.2 Å². The summed E-state index contributed by atoms with van der Waals surface area (Å²) >= 11 is 0. The summed E-state index contributed by atoms with van der Waals surface area (Å²) in [5, 5.41) is 0. The lowest BCUT2D eigenvalue weighted by molar-refractivity contribution is -0.156. The van der Waals surface area contributed by atoms with E-state index in [9.17, 15) is 9.59 Å². The quantitative estimate of drug-likeness (QED) is 0.695. The van der Waals surface area contributed by atoms with Gasteiger partial charge in [0.1, 0.15) is 12.2 Å². The second-order valence-corrected chi connectivity index (χ2v) is 6.85. The number of fused-ring (bicyclic) bond motifs is 1. The number of carbonyl (C=O) groups excluding carboxylic acids is 2. The fourth-order valence-electron chi connectivity index (χ4n) is 2.73. The van der Waals surface area contributed by atoms with Crippen molar-refractivity contribution in [1.82, 2.24) is 0 Å². The van der Waals surface area contributed by atoms with E-state index >= 15 is 0 Å². The Balaban J connectivity index is 1.83. The minimum Gasteiger partial charge on any atom is -0.457 e. The lowest BCUT2D eigenvalue weighted by Gasteiger charge is -2.18. The van der Waals surface area contributed by atoms with Crippen molar-refractivity contribution in [3.63, 3.8) is 0 Å². The van der Waals surface area contributed by atoms with Crippen LogP contribution in [0.5, 0.6) is 0 Å². The lowest BCUT2D eigenvalue weighted by Crippen LogP contribution is -2.36. The largest absolute Gasteiger partial charge is 0.457 e. The third kappa shape index (κ3) is 4.43. The van der Waals surface area contributed by atoms with Gasteiger partial charge in [0.2, 0.25) is 0 Å². The van der Waals surface area contributed by atoms with E-state index in [0.717, 1.165) is 0 Å². The molecule has 2 aliphatic rings. The number of hydrogen-bond acceptors (Lipinski definition) is 6. The van der Waals surface area contributed by atoms with Crippen molar-refractivity contribution in [3.8, 4) is 0 Å². The van der Waals surface area contributed by atoms with E-state index in [0.29, 0.717) is 12.8 Å². The summed E-state index contributed by atoms with van der Waals surface area (Å²) in [5.74, 6) is 0.0147. The van der Waals surface area contributed by atoms with Gasteiger partial charge in [-0.05, 0) is 11.8 Å². The molecule has 0 radical (unpaired) electrons. The number of ether oxygens (including phenoxy) is 4. The molecule has 22 heavy (non-hydrogen) atoms. The average molecular weight is 314 g/mol. The second-order valence-electron chi connectivity index (χ2n) is 6.85. The lowest BCUT2D eigenvalue weighted by atomic mass is 10.1. The minimum atomic E-state index is -0.412. The minimum absolute atomic E-state index is 0.242. The molecule has 0 aromatic carbocycles. The zero-order chi connectivity index (χ0) is 16.3. The van der Waals surface area contributed by atoms with Gasteiger partial charge in [-0.15, -0.1) is 0 Å². The van der Waals surface area contributed by atoms with E-state index in [1.807, 2.05) is 27.7 Å². The van der Waals surface area contributed by atoms with E-state index in [4.69, 9.17) is 18.9 Å². The highest BCUT2D eigenvalue weighted by atomic mass is 16.7. The van der Waals surface area contributed by atoms with Crippen LogP contribution in [-0.4, -0.2) is 49.6 Å². The van der Waals surface area contributed by atoms with Gasteiger partial charge in [-0.2, -0.15) is 0 Å². The highest BCUT2D eigenvalue weighted by molar-refractivity contribution is 5.70. The molecule has 2 fully saturated rings. The van der Waals surface area contributed by atoms with Gasteiger partial charge in [0, 0.05) is 12.8 Å². The van der Waals surface area contributed by atoms with Crippen LogP contribution in [-0.2, 0) is 28.5 Å². The topological polar surface area (TPSA) is 71.1 Å². The van der Waals surface area contributed by atoms with E-state index in [1.165, 1.54) is 0 Å². The fraction of sp³-hybridized carbons (Fsp3) is 0.875. The van der Waals surface area contributed by atoms with Gasteiger partial charge in [-0.1, -0.05) is 27.7 Å². The van der Waals surface area contributed by atoms with Crippen LogP contribution in [0.2, 0.25) is 0 Å². The molecule has 0 saturated carbocycles. The normalized spacial score (nSPS) is 30.6. The average Bonchev–Trinajstić information content (AvgIpc) is 2.92.